The van der Waals surface area contributed by atoms with Crippen molar-refractivity contribution in [3.8, 4) is 0 Å². The van der Waals surface area contributed by atoms with Crippen molar-refractivity contribution in [1.29, 1.82) is 0 Å². The fraction of sp³-hybridized carbons (Fsp3) is 0.875. The van der Waals surface area contributed by atoms with Crippen molar-refractivity contribution < 1.29 is 47.8 Å². The van der Waals surface area contributed by atoms with Crippen LogP contribution in [-0.2, 0) is 32.7 Å². The lowest BCUT2D eigenvalue weighted by Gasteiger charge is -2.20. The van der Waals surface area contributed by atoms with E-state index in [0.717, 1.165) is 19.3 Å². The summed E-state index contributed by atoms with van der Waals surface area (Å²) in [6.07, 6.45) is 1.43. The Bertz CT molecular complexity index is 470. The molecule has 3 atom stereocenters. The van der Waals surface area contributed by atoms with Crippen molar-refractivity contribution in [2.75, 3.05) is 26.4 Å². The van der Waals surface area contributed by atoms with Crippen molar-refractivity contribution in [3.05, 3.63) is 0 Å². The highest BCUT2D eigenvalue weighted by Gasteiger charge is 2.26. The minimum Gasteiger partial charge on any atom is -0.462 e. The minimum atomic E-state index is -4.54. The quantitative estimate of drug-likeness (QED) is 0.192. The Labute approximate surface area is 159 Å². The van der Waals surface area contributed by atoms with Gasteiger partial charge in [0.1, 0.15) is 12.7 Å². The second kappa shape index (κ2) is 15.0. The summed E-state index contributed by atoms with van der Waals surface area (Å²) in [6.45, 7) is 1.51. The Morgan fingerprint density at radius 2 is 1.67 bits per heavy atom. The van der Waals surface area contributed by atoms with Crippen molar-refractivity contribution in [2.24, 2.45) is 0 Å². The number of carbonyl (C=O) groups excluding carboxylic acids is 2. The zero-order valence-corrected chi connectivity index (χ0v) is 16.8. The topological polar surface area (TPSA) is 149 Å². The maximum atomic E-state index is 11.9. The molecule has 0 aliphatic heterocycles. The van der Waals surface area contributed by atoms with Gasteiger partial charge in [-0.25, -0.2) is 4.57 Å². The molecule has 0 rings (SSSR count). The van der Waals surface area contributed by atoms with Crippen molar-refractivity contribution in [3.63, 3.8) is 0 Å². The predicted octanol–water partition coefficient (Wildman–Crippen LogP) is 1.31. The molecule has 0 fully saturated rings. The molecule has 10 nitrogen and oxygen atoms in total. The molecule has 27 heavy (non-hydrogen) atoms. The molecule has 0 aromatic heterocycles. The molecule has 0 aliphatic carbocycles. The standard InChI is InChI=1S/C16H31O10P/c1-3-5-6-7-8-16(20)26-14(11-23-15(19)4-2)12-25-27(21,22)24-10-13(18)9-17/h13-14,17-18H,3-12H2,1-2H3,(H,21,22). The number of rotatable bonds is 16. The van der Waals surface area contributed by atoms with E-state index in [9.17, 15) is 19.0 Å². The van der Waals surface area contributed by atoms with Crippen molar-refractivity contribution in [1.82, 2.24) is 0 Å². The number of phosphoric acid groups is 1. The molecule has 3 N–H and O–H groups in total. The molecular formula is C16H31O10P. The molecule has 0 aromatic rings. The average Bonchev–Trinajstić information content (AvgIpc) is 2.65. The van der Waals surface area contributed by atoms with Crippen LogP contribution < -0.4 is 0 Å². The normalized spacial score (nSPS) is 15.6. The molecule has 0 saturated carbocycles. The summed E-state index contributed by atoms with van der Waals surface area (Å²) in [5, 5.41) is 17.8. The number of hydrogen-bond donors (Lipinski definition) is 3. The maximum Gasteiger partial charge on any atom is 0.472 e. The van der Waals surface area contributed by atoms with Gasteiger partial charge in [0.25, 0.3) is 0 Å². The summed E-state index contributed by atoms with van der Waals surface area (Å²) in [5.74, 6) is -1.05. The molecule has 0 aliphatic rings. The van der Waals surface area contributed by atoms with Crippen LogP contribution in [0.3, 0.4) is 0 Å². The number of phosphoric ester groups is 1. The SMILES string of the molecule is CCCCCCC(=O)OC(COC(=O)CC)COP(=O)(O)OCC(O)CO. The van der Waals surface area contributed by atoms with Gasteiger partial charge >= 0.3 is 19.8 Å². The fourth-order valence-corrected chi connectivity index (χ4v) is 2.58. The third-order valence-corrected chi connectivity index (χ3v) is 4.27. The molecule has 0 aromatic carbocycles. The first-order chi connectivity index (χ1) is 12.7. The van der Waals surface area contributed by atoms with Gasteiger partial charge in [0, 0.05) is 12.8 Å². The molecule has 0 spiro atoms. The van der Waals surface area contributed by atoms with Crippen LogP contribution in [0, 0.1) is 0 Å². The van der Waals surface area contributed by atoms with E-state index in [1.165, 1.54) is 0 Å². The van der Waals surface area contributed by atoms with E-state index >= 15 is 0 Å². The third-order valence-electron chi connectivity index (χ3n) is 3.32. The van der Waals surface area contributed by atoms with Gasteiger partial charge in [-0.3, -0.25) is 18.6 Å². The zero-order chi connectivity index (χ0) is 20.7. The molecule has 0 bridgehead atoms. The predicted molar refractivity (Wildman–Crippen MR) is 94.7 cm³/mol. The summed E-state index contributed by atoms with van der Waals surface area (Å²) in [4.78, 5) is 32.7. The van der Waals surface area contributed by atoms with Gasteiger partial charge in [0.05, 0.1) is 19.8 Å². The largest absolute Gasteiger partial charge is 0.472 e. The van der Waals surface area contributed by atoms with E-state index < -0.39 is 51.8 Å². The van der Waals surface area contributed by atoms with Gasteiger partial charge in [0.2, 0.25) is 0 Å². The van der Waals surface area contributed by atoms with Gasteiger partial charge in [-0.15, -0.1) is 0 Å². The molecule has 3 unspecified atom stereocenters. The zero-order valence-electron chi connectivity index (χ0n) is 15.9. The van der Waals surface area contributed by atoms with E-state index in [2.05, 4.69) is 4.52 Å². The van der Waals surface area contributed by atoms with E-state index in [-0.39, 0.29) is 19.4 Å². The van der Waals surface area contributed by atoms with Crippen molar-refractivity contribution in [2.45, 2.75) is 64.6 Å². The Hall–Kier alpha value is -1.03. The highest BCUT2D eigenvalue weighted by molar-refractivity contribution is 7.47. The van der Waals surface area contributed by atoms with Crippen LogP contribution in [0.4, 0.5) is 0 Å². The molecular weight excluding hydrogens is 383 g/mol. The molecule has 160 valence electrons. The number of esters is 2. The number of carbonyl (C=O) groups is 2. The van der Waals surface area contributed by atoms with E-state index in [0.29, 0.717) is 6.42 Å². The van der Waals surface area contributed by atoms with Gasteiger partial charge in [0.15, 0.2) is 6.10 Å². The van der Waals surface area contributed by atoms with Gasteiger partial charge in [-0.1, -0.05) is 33.1 Å². The van der Waals surface area contributed by atoms with Crippen molar-refractivity contribution >= 4 is 19.8 Å². The van der Waals surface area contributed by atoms with Gasteiger partial charge in [-0.05, 0) is 6.42 Å². The number of unbranched alkanes of at least 4 members (excludes halogenated alkanes) is 3. The monoisotopic (exact) mass is 414 g/mol. The molecule has 0 heterocycles. The fourth-order valence-electron chi connectivity index (χ4n) is 1.79. The van der Waals surface area contributed by atoms with Crippen LogP contribution in [0.15, 0.2) is 0 Å². The summed E-state index contributed by atoms with van der Waals surface area (Å²) in [6, 6.07) is 0. The Morgan fingerprint density at radius 1 is 1.00 bits per heavy atom. The first-order valence-electron chi connectivity index (χ1n) is 8.99. The first-order valence-corrected chi connectivity index (χ1v) is 10.5. The van der Waals surface area contributed by atoms with Crippen LogP contribution in [-0.4, -0.2) is 65.7 Å². The van der Waals surface area contributed by atoms with Crippen LogP contribution in [0.25, 0.3) is 0 Å². The Kier molecular flexibility index (Phi) is 14.4. The lowest BCUT2D eigenvalue weighted by Crippen LogP contribution is -2.29. The average molecular weight is 414 g/mol. The van der Waals surface area contributed by atoms with E-state index in [4.69, 9.17) is 24.2 Å². The highest BCUT2D eigenvalue weighted by Crippen LogP contribution is 2.43. The third kappa shape index (κ3) is 14.7. The van der Waals surface area contributed by atoms with Gasteiger partial charge in [-0.2, -0.15) is 0 Å². The van der Waals surface area contributed by atoms with Gasteiger partial charge < -0.3 is 24.6 Å². The lowest BCUT2D eigenvalue weighted by molar-refractivity contribution is -0.161. The lowest BCUT2D eigenvalue weighted by atomic mass is 10.1. The molecule has 0 amide bonds. The molecule has 0 saturated heterocycles. The van der Waals surface area contributed by atoms with E-state index in [1.807, 2.05) is 6.92 Å². The second-order valence-electron chi connectivity index (χ2n) is 5.86. The van der Waals surface area contributed by atoms with Crippen LogP contribution in [0.2, 0.25) is 0 Å². The smallest absolute Gasteiger partial charge is 0.462 e. The summed E-state index contributed by atoms with van der Waals surface area (Å²) in [7, 11) is -4.54. The Morgan fingerprint density at radius 3 is 2.26 bits per heavy atom. The van der Waals surface area contributed by atoms with Crippen LogP contribution >= 0.6 is 7.82 Å². The number of hydrogen-bond acceptors (Lipinski definition) is 9. The number of aliphatic hydroxyl groups excluding tert-OH is 2. The first kappa shape index (κ1) is 26.0. The summed E-state index contributed by atoms with van der Waals surface area (Å²) < 4.78 is 31.0. The maximum absolute atomic E-state index is 11.9. The van der Waals surface area contributed by atoms with E-state index in [1.54, 1.807) is 6.92 Å². The Balaban J connectivity index is 4.54. The summed E-state index contributed by atoms with van der Waals surface area (Å²) in [5.41, 5.74) is 0. The van der Waals surface area contributed by atoms with Crippen LogP contribution in [0.5, 0.6) is 0 Å². The van der Waals surface area contributed by atoms with Crippen LogP contribution in [0.1, 0.15) is 52.4 Å². The molecule has 0 radical (unpaired) electrons. The minimum absolute atomic E-state index is 0.124. The highest BCUT2D eigenvalue weighted by atomic mass is 31.2. The number of ether oxygens (including phenoxy) is 2. The summed E-state index contributed by atoms with van der Waals surface area (Å²) >= 11 is 0. The number of aliphatic hydroxyl groups is 2. The second-order valence-corrected chi connectivity index (χ2v) is 7.31. The molecule has 11 heteroatoms.